The number of hydrogen-bond acceptors (Lipinski definition) is 4. The Kier molecular flexibility index (Phi) is 6.53. The number of benzene rings is 1. The first-order chi connectivity index (χ1) is 13.9. The summed E-state index contributed by atoms with van der Waals surface area (Å²) in [4.78, 5) is 25.1. The summed E-state index contributed by atoms with van der Waals surface area (Å²) in [6.07, 6.45) is 1.55. The Hall–Kier alpha value is -2.87. The van der Waals surface area contributed by atoms with Gasteiger partial charge in [-0.3, -0.25) is 9.69 Å². The van der Waals surface area contributed by atoms with Gasteiger partial charge in [-0.15, -0.1) is 0 Å². The molecule has 0 spiro atoms. The summed E-state index contributed by atoms with van der Waals surface area (Å²) < 4.78 is 1.89. The standard InChI is InChI=1S/C21H29N5O3/c1-4-25(13-20(27)28)18-10-16(11-18)23-21(29)22-12-19-14(2)24-26(15(19)3)17-8-6-5-7-9-17/h5-9,16,18H,4,10-13H2,1-3H3,(H,27,28)(H2,22,23,29). The van der Waals surface area contributed by atoms with Crippen molar-refractivity contribution in [1.29, 1.82) is 0 Å². The van der Waals surface area contributed by atoms with Crippen LogP contribution >= 0.6 is 0 Å². The zero-order valence-electron chi connectivity index (χ0n) is 17.2. The van der Waals surface area contributed by atoms with E-state index < -0.39 is 5.97 Å². The minimum Gasteiger partial charge on any atom is -0.480 e. The molecule has 0 atom stereocenters. The number of carbonyl (C=O) groups excluding carboxylic acids is 1. The molecule has 1 aromatic heterocycles. The number of nitrogens with zero attached hydrogens (tertiary/aromatic N) is 3. The van der Waals surface area contributed by atoms with Gasteiger partial charge in [-0.05, 0) is 45.4 Å². The van der Waals surface area contributed by atoms with E-state index >= 15 is 0 Å². The Bertz CT molecular complexity index is 859. The second-order valence-electron chi connectivity index (χ2n) is 7.50. The van der Waals surface area contributed by atoms with Gasteiger partial charge in [0, 0.05) is 29.9 Å². The fraction of sp³-hybridized carbons (Fsp3) is 0.476. The monoisotopic (exact) mass is 399 g/mol. The van der Waals surface area contributed by atoms with Crippen molar-refractivity contribution in [3.05, 3.63) is 47.3 Å². The molecule has 8 nitrogen and oxygen atoms in total. The molecule has 0 bridgehead atoms. The maximum absolute atomic E-state index is 12.3. The second-order valence-corrected chi connectivity index (χ2v) is 7.50. The third-order valence-electron chi connectivity index (χ3n) is 5.58. The Labute approximate surface area is 170 Å². The molecule has 3 rings (SSSR count). The molecule has 1 saturated carbocycles. The fourth-order valence-electron chi connectivity index (χ4n) is 3.83. The van der Waals surface area contributed by atoms with Crippen LogP contribution in [0.3, 0.4) is 0 Å². The molecule has 1 heterocycles. The SMILES string of the molecule is CCN(CC(=O)O)C1CC(NC(=O)NCc2c(C)nn(-c3ccccc3)c2C)C1. The van der Waals surface area contributed by atoms with E-state index in [4.69, 9.17) is 5.11 Å². The highest BCUT2D eigenvalue weighted by Gasteiger charge is 2.34. The quantitative estimate of drug-likeness (QED) is 0.632. The number of aliphatic carboxylic acids is 1. The number of carbonyl (C=O) groups is 2. The normalized spacial score (nSPS) is 18.3. The lowest BCUT2D eigenvalue weighted by Gasteiger charge is -2.42. The molecular weight excluding hydrogens is 370 g/mol. The molecule has 2 amide bonds. The van der Waals surface area contributed by atoms with E-state index in [1.165, 1.54) is 0 Å². The van der Waals surface area contributed by atoms with E-state index in [-0.39, 0.29) is 24.7 Å². The molecule has 1 aromatic carbocycles. The number of urea groups is 1. The van der Waals surface area contributed by atoms with E-state index in [1.807, 2.05) is 60.7 Å². The van der Waals surface area contributed by atoms with Crippen LogP contribution in [0.1, 0.15) is 36.7 Å². The Morgan fingerprint density at radius 1 is 1.24 bits per heavy atom. The van der Waals surface area contributed by atoms with Crippen LogP contribution in [0.2, 0.25) is 0 Å². The molecule has 0 saturated heterocycles. The number of rotatable bonds is 8. The number of aromatic nitrogens is 2. The van der Waals surface area contributed by atoms with Gasteiger partial charge < -0.3 is 15.7 Å². The van der Waals surface area contributed by atoms with Gasteiger partial charge in [0.2, 0.25) is 0 Å². The van der Waals surface area contributed by atoms with Gasteiger partial charge in [0.15, 0.2) is 0 Å². The number of nitrogens with one attached hydrogen (secondary N) is 2. The van der Waals surface area contributed by atoms with Crippen LogP contribution in [0.15, 0.2) is 30.3 Å². The van der Waals surface area contributed by atoms with Crippen molar-refractivity contribution in [1.82, 2.24) is 25.3 Å². The average Bonchev–Trinajstić information content (AvgIpc) is 2.95. The molecule has 1 fully saturated rings. The van der Waals surface area contributed by atoms with E-state index in [2.05, 4.69) is 15.7 Å². The fourth-order valence-corrected chi connectivity index (χ4v) is 3.83. The van der Waals surface area contributed by atoms with Crippen molar-refractivity contribution in [2.75, 3.05) is 13.1 Å². The zero-order valence-corrected chi connectivity index (χ0v) is 17.2. The predicted molar refractivity (Wildman–Crippen MR) is 110 cm³/mol. The van der Waals surface area contributed by atoms with Gasteiger partial charge >= 0.3 is 12.0 Å². The lowest BCUT2D eigenvalue weighted by Crippen LogP contribution is -2.56. The number of para-hydroxylation sites is 1. The number of amides is 2. The molecule has 29 heavy (non-hydrogen) atoms. The van der Waals surface area contributed by atoms with Gasteiger partial charge in [-0.25, -0.2) is 9.48 Å². The number of aryl methyl sites for hydroxylation is 1. The molecule has 156 valence electrons. The van der Waals surface area contributed by atoms with Gasteiger partial charge in [0.1, 0.15) is 0 Å². The predicted octanol–water partition coefficient (Wildman–Crippen LogP) is 2.23. The van der Waals surface area contributed by atoms with Crippen LogP contribution in [-0.2, 0) is 11.3 Å². The number of hydrogen-bond donors (Lipinski definition) is 3. The van der Waals surface area contributed by atoms with Crippen molar-refractivity contribution in [3.8, 4) is 5.69 Å². The van der Waals surface area contributed by atoms with Crippen LogP contribution in [0.5, 0.6) is 0 Å². The first-order valence-electron chi connectivity index (χ1n) is 9.99. The lowest BCUT2D eigenvalue weighted by atomic mass is 9.85. The van der Waals surface area contributed by atoms with Gasteiger partial charge in [0.05, 0.1) is 17.9 Å². The maximum Gasteiger partial charge on any atom is 0.317 e. The third-order valence-corrected chi connectivity index (χ3v) is 5.58. The largest absolute Gasteiger partial charge is 0.480 e. The highest BCUT2D eigenvalue weighted by atomic mass is 16.4. The summed E-state index contributed by atoms with van der Waals surface area (Å²) in [5, 5.41) is 19.5. The number of carboxylic acid groups (broad SMARTS) is 1. The molecule has 2 aromatic rings. The van der Waals surface area contributed by atoms with E-state index in [0.717, 1.165) is 35.5 Å². The summed E-state index contributed by atoms with van der Waals surface area (Å²) in [6.45, 7) is 7.05. The first kappa shape index (κ1) is 20.9. The molecule has 0 unspecified atom stereocenters. The topological polar surface area (TPSA) is 99.5 Å². The Balaban J connectivity index is 1.50. The maximum atomic E-state index is 12.3. The summed E-state index contributed by atoms with van der Waals surface area (Å²) >= 11 is 0. The molecule has 0 radical (unpaired) electrons. The van der Waals surface area contributed by atoms with Crippen molar-refractivity contribution in [2.45, 2.75) is 52.2 Å². The van der Waals surface area contributed by atoms with Crippen molar-refractivity contribution >= 4 is 12.0 Å². The van der Waals surface area contributed by atoms with Crippen molar-refractivity contribution < 1.29 is 14.7 Å². The molecule has 1 aliphatic rings. The number of carboxylic acids is 1. The molecule has 0 aliphatic heterocycles. The third kappa shape index (κ3) is 4.95. The van der Waals surface area contributed by atoms with Crippen molar-refractivity contribution in [3.63, 3.8) is 0 Å². The minimum absolute atomic E-state index is 0.0457. The molecule has 8 heteroatoms. The van der Waals surface area contributed by atoms with Gasteiger partial charge in [0.25, 0.3) is 0 Å². The number of likely N-dealkylation sites (N-methyl/N-ethyl adjacent to an activating group) is 1. The highest BCUT2D eigenvalue weighted by molar-refractivity contribution is 5.74. The first-order valence-corrected chi connectivity index (χ1v) is 9.99. The van der Waals surface area contributed by atoms with E-state index in [1.54, 1.807) is 0 Å². The van der Waals surface area contributed by atoms with E-state index in [9.17, 15) is 9.59 Å². The van der Waals surface area contributed by atoms with Crippen LogP contribution in [0, 0.1) is 13.8 Å². The van der Waals surface area contributed by atoms with Crippen LogP contribution in [0.25, 0.3) is 5.69 Å². The Morgan fingerprint density at radius 2 is 1.93 bits per heavy atom. The van der Waals surface area contributed by atoms with Crippen molar-refractivity contribution in [2.24, 2.45) is 0 Å². The van der Waals surface area contributed by atoms with Gasteiger partial charge in [-0.1, -0.05) is 25.1 Å². The minimum atomic E-state index is -0.817. The molecular formula is C21H29N5O3. The summed E-state index contributed by atoms with van der Waals surface area (Å²) in [5.41, 5.74) is 3.90. The second kappa shape index (κ2) is 9.09. The summed E-state index contributed by atoms with van der Waals surface area (Å²) in [7, 11) is 0. The summed E-state index contributed by atoms with van der Waals surface area (Å²) in [5.74, 6) is -0.817. The van der Waals surface area contributed by atoms with Gasteiger partial charge in [-0.2, -0.15) is 5.10 Å². The molecule has 3 N–H and O–H groups in total. The molecule has 1 aliphatic carbocycles. The smallest absolute Gasteiger partial charge is 0.317 e. The van der Waals surface area contributed by atoms with Crippen LogP contribution < -0.4 is 10.6 Å². The zero-order chi connectivity index (χ0) is 21.0. The van der Waals surface area contributed by atoms with E-state index in [0.29, 0.717) is 13.1 Å². The van der Waals surface area contributed by atoms with Crippen LogP contribution in [0.4, 0.5) is 4.79 Å². The lowest BCUT2D eigenvalue weighted by molar-refractivity contribution is -0.139. The highest BCUT2D eigenvalue weighted by Crippen LogP contribution is 2.25. The summed E-state index contributed by atoms with van der Waals surface area (Å²) in [6, 6.07) is 10.0. The Morgan fingerprint density at radius 3 is 2.55 bits per heavy atom. The average molecular weight is 399 g/mol. The van der Waals surface area contributed by atoms with Crippen LogP contribution in [-0.4, -0.2) is 57.0 Å².